The van der Waals surface area contributed by atoms with Gasteiger partial charge in [0.05, 0.1) is 0 Å². The average Bonchev–Trinajstić information content (AvgIpc) is 1.95. The van der Waals surface area contributed by atoms with Crippen LogP contribution in [0, 0.1) is 0 Å². The standard InChI is InChI=1S/C9H19NO/c1-2-7-10-9(6-8-11)4-3-5-9/h10-11H,2-8H2,1H3. The van der Waals surface area contributed by atoms with Crippen LogP contribution in [-0.2, 0) is 0 Å². The first-order chi connectivity index (χ1) is 5.33. The molecular weight excluding hydrogens is 138 g/mol. The van der Waals surface area contributed by atoms with Gasteiger partial charge in [0.15, 0.2) is 0 Å². The Morgan fingerprint density at radius 2 is 2.18 bits per heavy atom. The molecule has 0 spiro atoms. The van der Waals surface area contributed by atoms with Crippen molar-refractivity contribution in [1.82, 2.24) is 5.32 Å². The smallest absolute Gasteiger partial charge is 0.0448 e. The van der Waals surface area contributed by atoms with Gasteiger partial charge >= 0.3 is 0 Å². The molecule has 2 heteroatoms. The minimum absolute atomic E-state index is 0.324. The topological polar surface area (TPSA) is 32.3 Å². The maximum absolute atomic E-state index is 8.83. The number of aliphatic hydroxyl groups is 1. The molecule has 0 radical (unpaired) electrons. The normalized spacial score (nSPS) is 21.3. The lowest BCUT2D eigenvalue weighted by molar-refractivity contribution is 0.132. The van der Waals surface area contributed by atoms with E-state index in [1.165, 1.54) is 25.7 Å². The summed E-state index contributed by atoms with van der Waals surface area (Å²) in [6.45, 7) is 3.61. The number of hydrogen-bond donors (Lipinski definition) is 2. The van der Waals surface area contributed by atoms with E-state index in [0.29, 0.717) is 12.1 Å². The molecular formula is C9H19NO. The van der Waals surface area contributed by atoms with Crippen molar-refractivity contribution in [2.24, 2.45) is 0 Å². The third-order valence-electron chi connectivity index (χ3n) is 2.65. The Hall–Kier alpha value is -0.0800. The van der Waals surface area contributed by atoms with E-state index >= 15 is 0 Å². The maximum atomic E-state index is 8.83. The Labute approximate surface area is 69.0 Å². The van der Waals surface area contributed by atoms with Crippen molar-refractivity contribution in [3.63, 3.8) is 0 Å². The van der Waals surface area contributed by atoms with E-state index in [0.717, 1.165) is 13.0 Å². The second kappa shape index (κ2) is 4.07. The number of nitrogens with one attached hydrogen (secondary N) is 1. The van der Waals surface area contributed by atoms with Crippen molar-refractivity contribution in [1.29, 1.82) is 0 Å². The molecule has 0 amide bonds. The van der Waals surface area contributed by atoms with Crippen LogP contribution >= 0.6 is 0 Å². The summed E-state index contributed by atoms with van der Waals surface area (Å²) in [5.41, 5.74) is 0.324. The fourth-order valence-corrected chi connectivity index (χ4v) is 1.72. The first kappa shape index (κ1) is 9.01. The third kappa shape index (κ3) is 2.17. The summed E-state index contributed by atoms with van der Waals surface area (Å²) in [5, 5.41) is 12.3. The number of rotatable bonds is 5. The van der Waals surface area contributed by atoms with Crippen LogP contribution in [0.2, 0.25) is 0 Å². The van der Waals surface area contributed by atoms with E-state index in [1.807, 2.05) is 0 Å². The molecule has 0 aromatic carbocycles. The first-order valence-electron chi connectivity index (χ1n) is 4.69. The highest BCUT2D eigenvalue weighted by Gasteiger charge is 2.34. The van der Waals surface area contributed by atoms with Gasteiger partial charge in [-0.3, -0.25) is 0 Å². The van der Waals surface area contributed by atoms with Gasteiger partial charge in [-0.15, -0.1) is 0 Å². The van der Waals surface area contributed by atoms with E-state index in [-0.39, 0.29) is 0 Å². The molecule has 1 aliphatic carbocycles. The molecule has 1 fully saturated rings. The Bertz CT molecular complexity index is 110. The highest BCUT2D eigenvalue weighted by Crippen LogP contribution is 2.34. The predicted octanol–water partition coefficient (Wildman–Crippen LogP) is 1.29. The van der Waals surface area contributed by atoms with Crippen LogP contribution in [0.1, 0.15) is 39.0 Å². The molecule has 0 saturated heterocycles. The molecule has 2 N–H and O–H groups in total. The van der Waals surface area contributed by atoms with Gasteiger partial charge in [0, 0.05) is 12.1 Å². The molecule has 66 valence electrons. The lowest BCUT2D eigenvalue weighted by Gasteiger charge is -2.42. The summed E-state index contributed by atoms with van der Waals surface area (Å²) in [6.07, 6.45) is 5.97. The van der Waals surface area contributed by atoms with Gasteiger partial charge in [0.2, 0.25) is 0 Å². The summed E-state index contributed by atoms with van der Waals surface area (Å²) in [7, 11) is 0. The molecule has 0 atom stereocenters. The van der Waals surface area contributed by atoms with E-state index in [2.05, 4.69) is 12.2 Å². The Morgan fingerprint density at radius 3 is 2.55 bits per heavy atom. The van der Waals surface area contributed by atoms with Crippen molar-refractivity contribution in [2.75, 3.05) is 13.2 Å². The van der Waals surface area contributed by atoms with Crippen molar-refractivity contribution < 1.29 is 5.11 Å². The van der Waals surface area contributed by atoms with E-state index < -0.39 is 0 Å². The Kier molecular flexibility index (Phi) is 3.34. The molecule has 2 nitrogen and oxygen atoms in total. The van der Waals surface area contributed by atoms with Gasteiger partial charge in [0.25, 0.3) is 0 Å². The van der Waals surface area contributed by atoms with Crippen molar-refractivity contribution >= 4 is 0 Å². The third-order valence-corrected chi connectivity index (χ3v) is 2.65. The zero-order valence-electron chi connectivity index (χ0n) is 7.40. The van der Waals surface area contributed by atoms with Gasteiger partial charge in [-0.1, -0.05) is 6.92 Å². The van der Waals surface area contributed by atoms with Crippen LogP contribution in [0.3, 0.4) is 0 Å². The molecule has 1 saturated carbocycles. The fraction of sp³-hybridized carbons (Fsp3) is 1.00. The Balaban J connectivity index is 2.22. The molecule has 0 aromatic heterocycles. The van der Waals surface area contributed by atoms with Crippen LogP contribution in [0.25, 0.3) is 0 Å². The largest absolute Gasteiger partial charge is 0.396 e. The van der Waals surface area contributed by atoms with Crippen LogP contribution < -0.4 is 5.32 Å². The van der Waals surface area contributed by atoms with E-state index in [1.54, 1.807) is 0 Å². The summed E-state index contributed by atoms with van der Waals surface area (Å²) in [5.74, 6) is 0. The quantitative estimate of drug-likeness (QED) is 0.630. The average molecular weight is 157 g/mol. The van der Waals surface area contributed by atoms with Crippen molar-refractivity contribution in [3.05, 3.63) is 0 Å². The summed E-state index contributed by atoms with van der Waals surface area (Å²) >= 11 is 0. The molecule has 0 bridgehead atoms. The number of aliphatic hydroxyl groups excluding tert-OH is 1. The second-order valence-electron chi connectivity index (χ2n) is 3.53. The lowest BCUT2D eigenvalue weighted by atomic mass is 9.74. The molecule has 1 rings (SSSR count). The SMILES string of the molecule is CCCNC1(CCO)CCC1. The molecule has 11 heavy (non-hydrogen) atoms. The maximum Gasteiger partial charge on any atom is 0.0448 e. The zero-order valence-corrected chi connectivity index (χ0v) is 7.40. The molecule has 0 aliphatic heterocycles. The van der Waals surface area contributed by atoms with Gasteiger partial charge in [-0.2, -0.15) is 0 Å². The molecule has 0 heterocycles. The zero-order chi connectivity index (χ0) is 8.16. The summed E-state index contributed by atoms with van der Waals surface area (Å²) < 4.78 is 0. The van der Waals surface area contributed by atoms with Gasteiger partial charge in [0.1, 0.15) is 0 Å². The van der Waals surface area contributed by atoms with Crippen molar-refractivity contribution in [2.45, 2.75) is 44.6 Å². The molecule has 0 aromatic rings. The predicted molar refractivity (Wildman–Crippen MR) is 46.6 cm³/mol. The monoisotopic (exact) mass is 157 g/mol. The van der Waals surface area contributed by atoms with Gasteiger partial charge in [-0.25, -0.2) is 0 Å². The minimum atomic E-state index is 0.324. The minimum Gasteiger partial charge on any atom is -0.396 e. The van der Waals surface area contributed by atoms with Gasteiger partial charge < -0.3 is 10.4 Å². The van der Waals surface area contributed by atoms with Crippen LogP contribution in [0.15, 0.2) is 0 Å². The van der Waals surface area contributed by atoms with Crippen LogP contribution in [0.4, 0.5) is 0 Å². The number of hydrogen-bond acceptors (Lipinski definition) is 2. The Morgan fingerprint density at radius 1 is 1.45 bits per heavy atom. The van der Waals surface area contributed by atoms with E-state index in [4.69, 9.17) is 5.11 Å². The van der Waals surface area contributed by atoms with E-state index in [9.17, 15) is 0 Å². The lowest BCUT2D eigenvalue weighted by Crippen LogP contribution is -2.51. The summed E-state index contributed by atoms with van der Waals surface area (Å²) in [6, 6.07) is 0. The summed E-state index contributed by atoms with van der Waals surface area (Å²) in [4.78, 5) is 0. The van der Waals surface area contributed by atoms with Crippen molar-refractivity contribution in [3.8, 4) is 0 Å². The fourth-order valence-electron chi connectivity index (χ4n) is 1.72. The highest BCUT2D eigenvalue weighted by molar-refractivity contribution is 4.95. The molecule has 1 aliphatic rings. The second-order valence-corrected chi connectivity index (χ2v) is 3.53. The molecule has 0 unspecified atom stereocenters. The highest BCUT2D eigenvalue weighted by atomic mass is 16.3. The van der Waals surface area contributed by atoms with Crippen LogP contribution in [0.5, 0.6) is 0 Å². The first-order valence-corrected chi connectivity index (χ1v) is 4.69. The van der Waals surface area contributed by atoms with Gasteiger partial charge in [-0.05, 0) is 38.6 Å². The van der Waals surface area contributed by atoms with Crippen LogP contribution in [-0.4, -0.2) is 23.8 Å².